The highest BCUT2D eigenvalue weighted by atomic mass is 15.1. The summed E-state index contributed by atoms with van der Waals surface area (Å²) in [7, 11) is 0. The zero-order valence-electron chi connectivity index (χ0n) is 25.7. The largest absolute Gasteiger partial charge is 0.310 e. The lowest BCUT2D eigenvalue weighted by Crippen LogP contribution is -2.15. The highest BCUT2D eigenvalue weighted by Crippen LogP contribution is 2.49. The van der Waals surface area contributed by atoms with Crippen molar-refractivity contribution in [3.63, 3.8) is 0 Å². The topological polar surface area (TPSA) is 3.24 Å². The van der Waals surface area contributed by atoms with Gasteiger partial charge >= 0.3 is 0 Å². The number of fused-ring (bicyclic) bond motifs is 1. The number of rotatable bonds is 5. The lowest BCUT2D eigenvalue weighted by molar-refractivity contribution is 0.662. The maximum absolute atomic E-state index is 9.14. The molecule has 8 rings (SSSR count). The second-order valence-corrected chi connectivity index (χ2v) is 11.7. The Morgan fingerprint density at radius 3 is 1.93 bits per heavy atom. The molecule has 1 aliphatic carbocycles. The van der Waals surface area contributed by atoms with Crippen LogP contribution in [0.1, 0.15) is 38.8 Å². The van der Waals surface area contributed by atoms with Crippen molar-refractivity contribution in [3.8, 4) is 0 Å². The normalized spacial score (nSPS) is 14.7. The van der Waals surface area contributed by atoms with Crippen LogP contribution < -0.4 is 4.90 Å². The molecule has 200 valence electrons. The number of hydrogen-bond donors (Lipinski definition) is 0. The minimum absolute atomic E-state index is 0.161. The fraction of sp³-hybridized carbons (Fsp3) is 0.0732. The monoisotopic (exact) mass is 539 g/mol. The van der Waals surface area contributed by atoms with Gasteiger partial charge in [-0.2, -0.15) is 0 Å². The molecule has 0 aliphatic heterocycles. The zero-order chi connectivity index (χ0) is 30.0. The maximum atomic E-state index is 9.14. The van der Waals surface area contributed by atoms with Crippen molar-refractivity contribution >= 4 is 61.5 Å². The molecule has 0 aromatic heterocycles. The van der Waals surface area contributed by atoms with Crippen molar-refractivity contribution in [2.75, 3.05) is 4.90 Å². The van der Waals surface area contributed by atoms with Gasteiger partial charge in [-0.1, -0.05) is 123 Å². The van der Waals surface area contributed by atoms with E-state index in [9.17, 15) is 0 Å². The van der Waals surface area contributed by atoms with Crippen LogP contribution in [0.25, 0.3) is 44.4 Å². The van der Waals surface area contributed by atoms with Gasteiger partial charge in [0, 0.05) is 22.5 Å². The number of para-hydroxylation sites is 1. The minimum atomic E-state index is -0.161. The molecular weight excluding hydrogens is 506 g/mol. The molecule has 0 radical (unpaired) electrons. The molecule has 7 aromatic rings. The van der Waals surface area contributed by atoms with E-state index in [-0.39, 0.29) is 17.5 Å². The summed E-state index contributed by atoms with van der Waals surface area (Å²) in [6.45, 7) is 4.53. The molecule has 42 heavy (non-hydrogen) atoms. The molecule has 0 saturated carbocycles. The Bertz CT molecular complexity index is 2260. The first-order valence-corrected chi connectivity index (χ1v) is 14.5. The van der Waals surface area contributed by atoms with Crippen LogP contribution in [0.3, 0.4) is 0 Å². The Kier molecular flexibility index (Phi) is 5.08. The smallest absolute Gasteiger partial charge is 0.0629 e. The molecule has 0 atom stereocenters. The first-order valence-electron chi connectivity index (χ1n) is 15.5. The van der Waals surface area contributed by atoms with E-state index in [1.54, 1.807) is 0 Å². The van der Waals surface area contributed by atoms with Crippen LogP contribution in [0.4, 0.5) is 17.1 Å². The molecule has 0 N–H and O–H groups in total. The van der Waals surface area contributed by atoms with E-state index in [4.69, 9.17) is 2.74 Å². The van der Waals surface area contributed by atoms with E-state index in [2.05, 4.69) is 140 Å². The summed E-state index contributed by atoms with van der Waals surface area (Å²) in [4.78, 5) is 2.23. The van der Waals surface area contributed by atoms with E-state index in [0.29, 0.717) is 0 Å². The van der Waals surface area contributed by atoms with Crippen LogP contribution in [0.15, 0.2) is 140 Å². The summed E-state index contributed by atoms with van der Waals surface area (Å²) in [5.74, 6) is 0. The van der Waals surface area contributed by atoms with Gasteiger partial charge in [-0.05, 0) is 97.0 Å². The lowest BCUT2D eigenvalue weighted by atomic mass is 9.81. The van der Waals surface area contributed by atoms with Gasteiger partial charge < -0.3 is 4.90 Å². The summed E-state index contributed by atoms with van der Waals surface area (Å²) < 4.78 is 18.2. The molecule has 0 amide bonds. The second kappa shape index (κ2) is 9.46. The average Bonchev–Trinajstić information content (AvgIpc) is 3.31. The molecule has 1 aliphatic rings. The van der Waals surface area contributed by atoms with Crippen molar-refractivity contribution in [2.45, 2.75) is 19.3 Å². The van der Waals surface area contributed by atoms with E-state index < -0.39 is 0 Å². The van der Waals surface area contributed by atoms with Gasteiger partial charge in [0.1, 0.15) is 0 Å². The summed E-state index contributed by atoms with van der Waals surface area (Å²) in [6, 6.07) is 48.9. The first kappa shape index (κ1) is 22.5. The summed E-state index contributed by atoms with van der Waals surface area (Å²) in [6.07, 6.45) is 0. The Morgan fingerprint density at radius 1 is 0.476 bits per heavy atom. The fourth-order valence-electron chi connectivity index (χ4n) is 6.65. The molecular formula is C41H31N. The number of nitrogens with zero attached hydrogens (tertiary/aromatic N) is 1. The molecule has 1 heteroatoms. The third-order valence-corrected chi connectivity index (χ3v) is 8.79. The van der Waals surface area contributed by atoms with Gasteiger partial charge in [-0.15, -0.1) is 0 Å². The molecule has 7 aromatic carbocycles. The van der Waals surface area contributed by atoms with Gasteiger partial charge in [0.15, 0.2) is 0 Å². The van der Waals surface area contributed by atoms with Gasteiger partial charge in [0.05, 0.1) is 2.74 Å². The van der Waals surface area contributed by atoms with Gasteiger partial charge in [0.25, 0.3) is 0 Å². The first-order chi connectivity index (χ1) is 21.4. The SMILES string of the molecule is [2H]/C(=C(/[2H])c1cc2c3c(ccc4cccc(c43)C2(C)C)c1)c1ccc(N(c2ccccc2)c2ccc3ccccc3c2)cc1. The standard InChI is InChI=1S/C41H31N/c1-41(2)37-14-8-11-31-19-20-33-25-29(26-38(41)40(33)39(31)37)16-15-28-17-22-35(23-18-28)42(34-12-4-3-5-13-34)36-24-21-30-9-6-7-10-32(30)27-36/h3-27H,1-2H3/b16-15+/i15D,16D. The van der Waals surface area contributed by atoms with Crippen LogP contribution >= 0.6 is 0 Å². The second-order valence-electron chi connectivity index (χ2n) is 11.7. The molecule has 1 nitrogen and oxygen atoms in total. The Balaban J connectivity index is 1.19. The van der Waals surface area contributed by atoms with Gasteiger partial charge in [-0.3, -0.25) is 0 Å². The third kappa shape index (κ3) is 3.93. The van der Waals surface area contributed by atoms with Crippen molar-refractivity contribution in [1.29, 1.82) is 0 Å². The lowest BCUT2D eigenvalue weighted by Gasteiger charge is -2.26. The fourth-order valence-corrected chi connectivity index (χ4v) is 6.65. The van der Waals surface area contributed by atoms with E-state index in [1.165, 1.54) is 38.1 Å². The zero-order valence-corrected chi connectivity index (χ0v) is 23.7. The third-order valence-electron chi connectivity index (χ3n) is 8.79. The molecule has 0 saturated heterocycles. The molecule has 0 fully saturated rings. The Hall–Kier alpha value is -5.14. The summed E-state index contributed by atoms with van der Waals surface area (Å²) >= 11 is 0. The highest BCUT2D eigenvalue weighted by Gasteiger charge is 2.33. The van der Waals surface area contributed by atoms with Gasteiger partial charge in [0.2, 0.25) is 0 Å². The van der Waals surface area contributed by atoms with Crippen molar-refractivity contribution in [1.82, 2.24) is 0 Å². The maximum Gasteiger partial charge on any atom is 0.0629 e. The highest BCUT2D eigenvalue weighted by molar-refractivity contribution is 6.15. The Labute approximate surface area is 249 Å². The van der Waals surface area contributed by atoms with E-state index >= 15 is 0 Å². The summed E-state index contributed by atoms with van der Waals surface area (Å²) in [5, 5.41) is 7.38. The molecule has 0 unspecified atom stereocenters. The molecule has 0 bridgehead atoms. The predicted molar refractivity (Wildman–Crippen MR) is 181 cm³/mol. The van der Waals surface area contributed by atoms with Crippen LogP contribution in [0, 0.1) is 0 Å². The van der Waals surface area contributed by atoms with Crippen LogP contribution in [0.5, 0.6) is 0 Å². The van der Waals surface area contributed by atoms with Crippen molar-refractivity contribution in [2.24, 2.45) is 0 Å². The van der Waals surface area contributed by atoms with Crippen LogP contribution in [-0.4, -0.2) is 0 Å². The number of hydrogen-bond acceptors (Lipinski definition) is 1. The van der Waals surface area contributed by atoms with Crippen LogP contribution in [0.2, 0.25) is 0 Å². The average molecular weight is 540 g/mol. The van der Waals surface area contributed by atoms with E-state index in [1.807, 2.05) is 18.2 Å². The quantitative estimate of drug-likeness (QED) is 0.155. The molecule has 0 spiro atoms. The predicted octanol–water partition coefficient (Wildman–Crippen LogP) is 11.4. The van der Waals surface area contributed by atoms with Crippen molar-refractivity contribution < 1.29 is 2.74 Å². The van der Waals surface area contributed by atoms with Crippen LogP contribution in [-0.2, 0) is 5.41 Å². The minimum Gasteiger partial charge on any atom is -0.310 e. The van der Waals surface area contributed by atoms with Crippen molar-refractivity contribution in [3.05, 3.63) is 162 Å². The summed E-state index contributed by atoms with van der Waals surface area (Å²) in [5.41, 5.74) is 7.03. The van der Waals surface area contributed by atoms with E-state index in [0.717, 1.165) is 33.6 Å². The number of anilines is 3. The van der Waals surface area contributed by atoms with Gasteiger partial charge in [-0.25, -0.2) is 0 Å². The Morgan fingerprint density at radius 2 is 1.10 bits per heavy atom. The number of benzene rings is 7. The molecule has 0 heterocycles.